The molecule has 0 saturated carbocycles. The van der Waals surface area contributed by atoms with Crippen molar-refractivity contribution in [2.24, 2.45) is 5.41 Å². The first-order valence-electron chi connectivity index (χ1n) is 8.30. The molecular formula is C21H26O3. The Hall–Kier alpha value is -2.29. The fourth-order valence-corrected chi connectivity index (χ4v) is 2.62. The minimum Gasteiger partial charge on any atom is -0.478 e. The molecule has 0 radical (unpaired) electrons. The van der Waals surface area contributed by atoms with Gasteiger partial charge < -0.3 is 9.84 Å². The number of aromatic carboxylic acids is 1. The predicted molar refractivity (Wildman–Crippen MR) is 97.0 cm³/mol. The second-order valence-electron chi connectivity index (χ2n) is 7.29. The quantitative estimate of drug-likeness (QED) is 0.720. The Morgan fingerprint density at radius 2 is 1.67 bits per heavy atom. The molecule has 2 aromatic carbocycles. The summed E-state index contributed by atoms with van der Waals surface area (Å²) in [6.07, 6.45) is 1.02. The molecule has 0 heterocycles. The van der Waals surface area contributed by atoms with Crippen LogP contribution in [0.2, 0.25) is 0 Å². The lowest BCUT2D eigenvalue weighted by atomic mass is 9.63. The molecule has 0 unspecified atom stereocenters. The third-order valence-corrected chi connectivity index (χ3v) is 5.48. The maximum Gasteiger partial charge on any atom is 0.339 e. The molecule has 2 aromatic rings. The standard InChI is InChI=1S/C21H26O3/c1-6-20(2,3)21(4,5)15-12-13-17(19(22)23)18(14-15)24-16-10-8-7-9-11-16/h7-14H,6H2,1-5H3,(H,22,23). The highest BCUT2D eigenvalue weighted by Crippen LogP contribution is 2.45. The van der Waals surface area contributed by atoms with Gasteiger partial charge in [-0.3, -0.25) is 0 Å². The lowest BCUT2D eigenvalue weighted by Crippen LogP contribution is -2.36. The number of hydrogen-bond acceptors (Lipinski definition) is 2. The van der Waals surface area contributed by atoms with Crippen molar-refractivity contribution in [2.45, 2.75) is 46.5 Å². The van der Waals surface area contributed by atoms with Crippen LogP contribution in [0.1, 0.15) is 57.0 Å². The van der Waals surface area contributed by atoms with Crippen molar-refractivity contribution in [3.63, 3.8) is 0 Å². The van der Waals surface area contributed by atoms with Gasteiger partial charge in [-0.25, -0.2) is 4.79 Å². The van der Waals surface area contributed by atoms with Gasteiger partial charge in [-0.15, -0.1) is 0 Å². The van der Waals surface area contributed by atoms with Gasteiger partial charge in [0.2, 0.25) is 0 Å². The van der Waals surface area contributed by atoms with Gasteiger partial charge in [0.05, 0.1) is 0 Å². The zero-order chi connectivity index (χ0) is 18.0. The van der Waals surface area contributed by atoms with E-state index in [1.54, 1.807) is 6.07 Å². The molecule has 0 aliphatic heterocycles. The van der Waals surface area contributed by atoms with Crippen molar-refractivity contribution in [1.82, 2.24) is 0 Å². The van der Waals surface area contributed by atoms with Gasteiger partial charge in [0.1, 0.15) is 17.1 Å². The van der Waals surface area contributed by atoms with E-state index >= 15 is 0 Å². The highest BCUT2D eigenvalue weighted by molar-refractivity contribution is 5.91. The third-order valence-electron chi connectivity index (χ3n) is 5.48. The Balaban J connectivity index is 2.50. The predicted octanol–water partition coefficient (Wildman–Crippen LogP) is 5.89. The third kappa shape index (κ3) is 3.45. The van der Waals surface area contributed by atoms with Crippen molar-refractivity contribution in [3.05, 3.63) is 59.7 Å². The number of rotatable bonds is 6. The van der Waals surface area contributed by atoms with Crippen molar-refractivity contribution in [2.75, 3.05) is 0 Å². The lowest BCUT2D eigenvalue weighted by Gasteiger charge is -2.42. The first kappa shape index (κ1) is 18.1. The number of benzene rings is 2. The molecule has 0 aromatic heterocycles. The highest BCUT2D eigenvalue weighted by atomic mass is 16.5. The van der Waals surface area contributed by atoms with Crippen LogP contribution in [0.5, 0.6) is 11.5 Å². The van der Waals surface area contributed by atoms with E-state index in [2.05, 4.69) is 34.6 Å². The fourth-order valence-electron chi connectivity index (χ4n) is 2.62. The molecule has 3 heteroatoms. The molecule has 0 aliphatic rings. The van der Waals surface area contributed by atoms with Crippen LogP contribution < -0.4 is 4.74 Å². The summed E-state index contributed by atoms with van der Waals surface area (Å²) < 4.78 is 5.87. The van der Waals surface area contributed by atoms with Gasteiger partial charge in [-0.1, -0.05) is 65.3 Å². The molecule has 0 bridgehead atoms. The Morgan fingerprint density at radius 1 is 1.04 bits per heavy atom. The first-order chi connectivity index (χ1) is 11.2. The SMILES string of the molecule is CCC(C)(C)C(C)(C)c1ccc(C(=O)O)c(Oc2ccccc2)c1. The number of para-hydroxylation sites is 1. The molecule has 0 atom stereocenters. The van der Waals surface area contributed by atoms with Crippen LogP contribution in [-0.4, -0.2) is 11.1 Å². The van der Waals surface area contributed by atoms with E-state index in [9.17, 15) is 9.90 Å². The number of carboxylic acid groups (broad SMARTS) is 1. The minimum absolute atomic E-state index is 0.0712. The van der Waals surface area contributed by atoms with E-state index < -0.39 is 5.97 Å². The van der Waals surface area contributed by atoms with Gasteiger partial charge in [0.25, 0.3) is 0 Å². The molecular weight excluding hydrogens is 300 g/mol. The first-order valence-corrected chi connectivity index (χ1v) is 8.30. The van der Waals surface area contributed by atoms with Crippen LogP contribution in [0.15, 0.2) is 48.5 Å². The summed E-state index contributed by atoms with van der Waals surface area (Å²) in [7, 11) is 0. The molecule has 0 saturated heterocycles. The number of hydrogen-bond donors (Lipinski definition) is 1. The average Bonchev–Trinajstić information content (AvgIpc) is 2.55. The average molecular weight is 326 g/mol. The Labute approximate surface area is 144 Å². The van der Waals surface area contributed by atoms with Gasteiger partial charge in [0, 0.05) is 0 Å². The highest BCUT2D eigenvalue weighted by Gasteiger charge is 2.37. The molecule has 128 valence electrons. The summed E-state index contributed by atoms with van der Waals surface area (Å²) in [6.45, 7) is 11.0. The van der Waals surface area contributed by atoms with Crippen molar-refractivity contribution in [3.8, 4) is 11.5 Å². The summed E-state index contributed by atoms with van der Waals surface area (Å²) in [5.41, 5.74) is 1.20. The second-order valence-corrected chi connectivity index (χ2v) is 7.29. The second kappa shape index (κ2) is 6.68. The fraction of sp³-hybridized carbons (Fsp3) is 0.381. The van der Waals surface area contributed by atoms with E-state index in [1.807, 2.05) is 42.5 Å². The van der Waals surface area contributed by atoms with Gasteiger partial charge >= 0.3 is 5.97 Å². The molecule has 3 nitrogen and oxygen atoms in total. The summed E-state index contributed by atoms with van der Waals surface area (Å²) in [6, 6.07) is 14.7. The molecule has 24 heavy (non-hydrogen) atoms. The van der Waals surface area contributed by atoms with Crippen molar-refractivity contribution >= 4 is 5.97 Å². The Kier molecular flexibility index (Phi) is 5.02. The minimum atomic E-state index is -0.986. The molecule has 1 N–H and O–H groups in total. The van der Waals surface area contributed by atoms with Crippen LogP contribution in [0, 0.1) is 5.41 Å². The summed E-state index contributed by atoms with van der Waals surface area (Å²) in [5.74, 6) is 0.0240. The zero-order valence-electron chi connectivity index (χ0n) is 15.1. The van der Waals surface area contributed by atoms with Gasteiger partial charge in [0.15, 0.2) is 0 Å². The van der Waals surface area contributed by atoms with Crippen molar-refractivity contribution < 1.29 is 14.6 Å². The monoisotopic (exact) mass is 326 g/mol. The Bertz CT molecular complexity index is 715. The molecule has 2 rings (SSSR count). The molecule has 0 fully saturated rings. The Morgan fingerprint density at radius 3 is 2.21 bits per heavy atom. The maximum atomic E-state index is 11.5. The van der Waals surface area contributed by atoms with Gasteiger partial charge in [-0.05, 0) is 40.7 Å². The molecule has 0 aliphatic carbocycles. The van der Waals surface area contributed by atoms with E-state index in [1.165, 1.54) is 0 Å². The molecule has 0 amide bonds. The van der Waals surface area contributed by atoms with Crippen LogP contribution in [0.25, 0.3) is 0 Å². The van der Waals surface area contributed by atoms with Crippen molar-refractivity contribution in [1.29, 1.82) is 0 Å². The van der Waals surface area contributed by atoms with Gasteiger partial charge in [-0.2, -0.15) is 0 Å². The maximum absolute atomic E-state index is 11.5. The summed E-state index contributed by atoms with van der Waals surface area (Å²) in [5, 5.41) is 9.46. The van der Waals surface area contributed by atoms with E-state index in [-0.39, 0.29) is 16.4 Å². The smallest absolute Gasteiger partial charge is 0.339 e. The van der Waals surface area contributed by atoms with Crippen LogP contribution >= 0.6 is 0 Å². The summed E-state index contributed by atoms with van der Waals surface area (Å²) in [4.78, 5) is 11.5. The summed E-state index contributed by atoms with van der Waals surface area (Å²) >= 11 is 0. The van der Waals surface area contributed by atoms with E-state index in [4.69, 9.17) is 4.74 Å². The van der Waals surface area contributed by atoms with E-state index in [0.29, 0.717) is 11.5 Å². The zero-order valence-corrected chi connectivity index (χ0v) is 15.1. The number of ether oxygens (including phenoxy) is 1. The normalized spacial score (nSPS) is 12.0. The van der Waals surface area contributed by atoms with E-state index in [0.717, 1.165) is 12.0 Å². The number of carboxylic acids is 1. The topological polar surface area (TPSA) is 46.5 Å². The number of carbonyl (C=O) groups is 1. The van der Waals surface area contributed by atoms with Crippen LogP contribution in [0.4, 0.5) is 0 Å². The van der Waals surface area contributed by atoms with Crippen LogP contribution in [0.3, 0.4) is 0 Å². The van der Waals surface area contributed by atoms with Crippen LogP contribution in [-0.2, 0) is 5.41 Å². The molecule has 0 spiro atoms. The lowest BCUT2D eigenvalue weighted by molar-refractivity contribution is 0.0694. The largest absolute Gasteiger partial charge is 0.478 e.